The first-order valence-electron chi connectivity index (χ1n) is 23.7. The van der Waals surface area contributed by atoms with Crippen molar-refractivity contribution >= 4 is 11.9 Å². The number of rotatable bonds is 9. The maximum absolute atomic E-state index is 13.1. The number of aliphatic hydroxyl groups excluding tert-OH is 8. The molecule has 10 N–H and O–H groups in total. The second-order valence-electron chi connectivity index (χ2n) is 23.1. The summed E-state index contributed by atoms with van der Waals surface area (Å²) in [6.45, 7) is 14.7. The van der Waals surface area contributed by atoms with E-state index >= 15 is 0 Å². The summed E-state index contributed by atoms with van der Waals surface area (Å²) >= 11 is 0. The van der Waals surface area contributed by atoms with Crippen LogP contribution in [0.1, 0.15) is 113 Å². The van der Waals surface area contributed by atoms with Crippen LogP contribution in [0.2, 0.25) is 0 Å². The summed E-state index contributed by atoms with van der Waals surface area (Å²) in [5.74, 6) is -1.91. The zero-order valence-electron chi connectivity index (χ0n) is 38.7. The Morgan fingerprint density at radius 3 is 2.02 bits per heavy atom. The molecule has 0 unspecified atom stereocenters. The van der Waals surface area contributed by atoms with Gasteiger partial charge in [-0.1, -0.05) is 60.1 Å². The SMILES string of the molecule is CC1(C)CC[C@]2(C(=O)O)CC[C@]3(C)C(=CC[C@@H]4[C@@]5(C)CC[C@H](O[C@@H]6O[C@H](C(=O)O)[C@@H](O[C@@H]7O[C@H](CO)[C@@H](O)[C@H](O)[C@H]7O)[C@H](O)[C@H]6O[C@@H]6OC[C@@H](O)[C@H](O)[C@H]6O)C(C)(C)[C@@H]5CC[C@]43C)[C@@H]2C1. The Labute approximate surface area is 380 Å². The minimum atomic E-state index is -1.99. The zero-order chi connectivity index (χ0) is 47.6. The van der Waals surface area contributed by atoms with Crippen LogP contribution in [-0.4, -0.2) is 168 Å². The zero-order valence-corrected chi connectivity index (χ0v) is 38.7. The van der Waals surface area contributed by atoms with E-state index in [-0.39, 0.29) is 39.4 Å². The minimum Gasteiger partial charge on any atom is -0.481 e. The predicted molar refractivity (Wildman–Crippen MR) is 225 cm³/mol. The molecule has 7 fully saturated rings. The molecule has 8 rings (SSSR count). The van der Waals surface area contributed by atoms with Crippen molar-refractivity contribution in [2.75, 3.05) is 13.2 Å². The molecule has 3 saturated heterocycles. The third-order valence-electron chi connectivity index (χ3n) is 18.9. The van der Waals surface area contributed by atoms with Gasteiger partial charge in [0.2, 0.25) is 0 Å². The van der Waals surface area contributed by atoms with Gasteiger partial charge in [0.1, 0.15) is 61.0 Å². The molecule has 0 amide bonds. The number of fused-ring (bicyclic) bond motifs is 7. The van der Waals surface area contributed by atoms with E-state index in [2.05, 4.69) is 54.5 Å². The molecular weight excluding hydrogens is 852 g/mol. The van der Waals surface area contributed by atoms with Crippen LogP contribution >= 0.6 is 0 Å². The lowest BCUT2D eigenvalue weighted by Crippen LogP contribution is -2.68. The summed E-state index contributed by atoms with van der Waals surface area (Å²) in [5.41, 5.74) is -0.409. The molecule has 18 heteroatoms. The highest BCUT2D eigenvalue weighted by Crippen LogP contribution is 2.76. The molecule has 18 nitrogen and oxygen atoms in total. The van der Waals surface area contributed by atoms with Crippen molar-refractivity contribution in [2.24, 2.45) is 50.2 Å². The van der Waals surface area contributed by atoms with Gasteiger partial charge in [0.15, 0.2) is 25.0 Å². The third-order valence-corrected chi connectivity index (χ3v) is 18.9. The van der Waals surface area contributed by atoms with E-state index < -0.39 is 128 Å². The molecule has 370 valence electrons. The van der Waals surface area contributed by atoms with Crippen LogP contribution in [0.25, 0.3) is 0 Å². The Kier molecular flexibility index (Phi) is 13.1. The van der Waals surface area contributed by atoms with E-state index in [1.165, 1.54) is 5.57 Å². The van der Waals surface area contributed by atoms with Gasteiger partial charge in [-0.25, -0.2) is 4.79 Å². The van der Waals surface area contributed by atoms with Gasteiger partial charge in [-0.05, 0) is 109 Å². The summed E-state index contributed by atoms with van der Waals surface area (Å²) < 4.78 is 35.9. The smallest absolute Gasteiger partial charge is 0.335 e. The van der Waals surface area contributed by atoms with Crippen LogP contribution < -0.4 is 0 Å². The molecule has 5 aliphatic carbocycles. The Hall–Kier alpha value is -1.88. The quantitative estimate of drug-likeness (QED) is 0.116. The number of hydrogen-bond donors (Lipinski definition) is 10. The molecule has 65 heavy (non-hydrogen) atoms. The summed E-state index contributed by atoms with van der Waals surface area (Å²) in [5, 5.41) is 106. The van der Waals surface area contributed by atoms with Crippen LogP contribution in [0.5, 0.6) is 0 Å². The lowest BCUT2D eigenvalue weighted by atomic mass is 9.33. The summed E-state index contributed by atoms with van der Waals surface area (Å²) in [6, 6.07) is 0. The average Bonchev–Trinajstić information content (AvgIpc) is 3.23. The Morgan fingerprint density at radius 1 is 0.692 bits per heavy atom. The van der Waals surface area contributed by atoms with E-state index in [4.69, 9.17) is 28.4 Å². The van der Waals surface area contributed by atoms with Gasteiger partial charge in [-0.15, -0.1) is 0 Å². The first-order valence-corrected chi connectivity index (χ1v) is 23.7. The van der Waals surface area contributed by atoms with E-state index in [0.717, 1.165) is 44.9 Å². The van der Waals surface area contributed by atoms with Gasteiger partial charge < -0.3 is 79.5 Å². The number of hydrogen-bond acceptors (Lipinski definition) is 16. The molecule has 0 aromatic heterocycles. The second-order valence-corrected chi connectivity index (χ2v) is 23.1. The van der Waals surface area contributed by atoms with Crippen molar-refractivity contribution in [1.82, 2.24) is 0 Å². The lowest BCUT2D eigenvalue weighted by Gasteiger charge is -2.71. The molecule has 3 aliphatic heterocycles. The van der Waals surface area contributed by atoms with Crippen molar-refractivity contribution in [3.05, 3.63) is 11.6 Å². The number of aliphatic carboxylic acids is 2. The van der Waals surface area contributed by atoms with Gasteiger partial charge in [-0.3, -0.25) is 4.79 Å². The molecule has 0 aromatic carbocycles. The minimum absolute atomic E-state index is 0.0160. The molecule has 8 aliphatic rings. The van der Waals surface area contributed by atoms with Gasteiger partial charge in [0, 0.05) is 0 Å². The molecule has 0 spiro atoms. The predicted octanol–water partition coefficient (Wildman–Crippen LogP) is 1.44. The number of carboxylic acid groups (broad SMARTS) is 2. The maximum atomic E-state index is 13.1. The number of carbonyl (C=O) groups is 2. The van der Waals surface area contributed by atoms with Crippen LogP contribution in [0.3, 0.4) is 0 Å². The van der Waals surface area contributed by atoms with Gasteiger partial charge in [0.25, 0.3) is 0 Å². The summed E-state index contributed by atoms with van der Waals surface area (Å²) in [4.78, 5) is 26.1. The highest BCUT2D eigenvalue weighted by atomic mass is 16.8. The fourth-order valence-corrected chi connectivity index (χ4v) is 14.8. The molecule has 0 aromatic rings. The van der Waals surface area contributed by atoms with Crippen LogP contribution in [0.15, 0.2) is 11.6 Å². The monoisotopic (exact) mass is 926 g/mol. The average molecular weight is 927 g/mol. The third kappa shape index (κ3) is 7.76. The van der Waals surface area contributed by atoms with Crippen molar-refractivity contribution in [3.63, 3.8) is 0 Å². The fourth-order valence-electron chi connectivity index (χ4n) is 14.8. The number of allylic oxidation sites excluding steroid dienone is 2. The van der Waals surface area contributed by atoms with Crippen molar-refractivity contribution in [3.8, 4) is 0 Å². The Balaban J connectivity index is 1.07. The Bertz CT molecular complexity index is 1820. The molecule has 0 radical (unpaired) electrons. The van der Waals surface area contributed by atoms with Crippen molar-refractivity contribution < 1.29 is 89.1 Å². The van der Waals surface area contributed by atoms with Gasteiger partial charge >= 0.3 is 11.9 Å². The first kappa shape index (κ1) is 49.5. The second kappa shape index (κ2) is 17.2. The van der Waals surface area contributed by atoms with Crippen LogP contribution in [-0.2, 0) is 38.0 Å². The number of carboxylic acids is 2. The summed E-state index contributed by atoms with van der Waals surface area (Å²) in [7, 11) is 0. The topological polar surface area (TPSA) is 292 Å². The fraction of sp³-hybridized carbons (Fsp3) is 0.915. The van der Waals surface area contributed by atoms with E-state index in [0.29, 0.717) is 19.3 Å². The number of aliphatic hydroxyl groups is 8. The van der Waals surface area contributed by atoms with Crippen molar-refractivity contribution in [1.29, 1.82) is 0 Å². The molecule has 4 saturated carbocycles. The first-order chi connectivity index (χ1) is 30.3. The Morgan fingerprint density at radius 2 is 1.35 bits per heavy atom. The lowest BCUT2D eigenvalue weighted by molar-refractivity contribution is -0.386. The van der Waals surface area contributed by atoms with E-state index in [1.54, 1.807) is 0 Å². The van der Waals surface area contributed by atoms with E-state index in [1.807, 2.05) is 0 Å². The van der Waals surface area contributed by atoms with Crippen molar-refractivity contribution in [2.45, 2.75) is 205 Å². The highest BCUT2D eigenvalue weighted by molar-refractivity contribution is 5.76. The summed E-state index contributed by atoms with van der Waals surface area (Å²) in [6.07, 6.45) is -15.1. The molecule has 22 atom stereocenters. The molecular formula is C47H74O18. The van der Waals surface area contributed by atoms with Gasteiger partial charge in [0.05, 0.1) is 24.7 Å². The normalized spacial score (nSPS) is 52.8. The number of ether oxygens (including phenoxy) is 6. The maximum Gasteiger partial charge on any atom is 0.335 e. The highest BCUT2D eigenvalue weighted by Gasteiger charge is 2.70. The largest absolute Gasteiger partial charge is 0.481 e. The molecule has 3 heterocycles. The molecule has 0 bridgehead atoms. The van der Waals surface area contributed by atoms with Gasteiger partial charge in [-0.2, -0.15) is 0 Å². The van der Waals surface area contributed by atoms with Crippen LogP contribution in [0, 0.1) is 50.2 Å². The van der Waals surface area contributed by atoms with Crippen LogP contribution in [0.4, 0.5) is 0 Å². The standard InChI is InChI=1S/C47H74O18/c1-42(2)14-16-47(41(58)59)17-15-45(6)21(22(47)18-42)8-9-26-44(5)12-11-27(43(3,4)25(44)10-13-46(26,45)7)62-40-35(64-38-31(53)28(50)23(49)20-60-38)33(55)34(36(65-40)37(56)57)63-39-32(54)30(52)29(51)24(19-48)61-39/h8,22-36,38-40,48-55H,9-20H2,1-7H3,(H,56,57)(H,58,59)/t22-,23+,24+,25-,26+,27-,28-,29+,30-,31+,32+,33-,34-,35+,36-,38-,39-,40+,44-,45+,46+,47-/m0/s1. The van der Waals surface area contributed by atoms with E-state index in [9.17, 15) is 60.7 Å².